The van der Waals surface area contributed by atoms with Gasteiger partial charge in [0.05, 0.1) is 0 Å². The zero-order valence-corrected chi connectivity index (χ0v) is 17.3. The maximum absolute atomic E-state index is 12.2. The van der Waals surface area contributed by atoms with Gasteiger partial charge in [-0.2, -0.15) is 0 Å². The number of rotatable bonds is 4. The molecule has 27 heavy (non-hydrogen) atoms. The maximum atomic E-state index is 12.2. The number of aromatic nitrogens is 2. The summed E-state index contributed by atoms with van der Waals surface area (Å²) in [4.78, 5) is 23.7. The second kappa shape index (κ2) is 7.62. The molecule has 3 aliphatic rings. The fraction of sp³-hybridized carbons (Fsp3) is 0.783. The fourth-order valence-corrected chi connectivity index (χ4v) is 5.86. The molecule has 1 aliphatic heterocycles. The maximum Gasteiger partial charge on any atom is 0.138 e. The molecule has 1 spiro atoms. The lowest BCUT2D eigenvalue weighted by molar-refractivity contribution is -0.135. The summed E-state index contributed by atoms with van der Waals surface area (Å²) in [6.07, 6.45) is 14.2. The first-order valence-electron chi connectivity index (χ1n) is 11.0. The number of nitrogens with zero attached hydrogens (tertiary/aromatic N) is 3. The molecule has 4 nitrogen and oxygen atoms in total. The van der Waals surface area contributed by atoms with Crippen molar-refractivity contribution in [2.24, 2.45) is 17.3 Å². The number of likely N-dealkylation sites (tertiary alicyclic amines) is 1. The number of Topliss-reactive ketones (excluding diaryl/α,β-unsaturated/α-hetero) is 1. The van der Waals surface area contributed by atoms with E-state index in [1.54, 1.807) is 0 Å². The van der Waals surface area contributed by atoms with Crippen LogP contribution in [-0.2, 0) is 4.79 Å². The number of piperidine rings is 1. The van der Waals surface area contributed by atoms with Crippen molar-refractivity contribution in [3.8, 4) is 0 Å². The van der Waals surface area contributed by atoms with Crippen LogP contribution in [0.1, 0.15) is 82.5 Å². The molecule has 4 rings (SSSR count). The summed E-state index contributed by atoms with van der Waals surface area (Å²) in [6.45, 7) is 8.48. The fourth-order valence-electron chi connectivity index (χ4n) is 5.86. The van der Waals surface area contributed by atoms with Gasteiger partial charge >= 0.3 is 0 Å². The van der Waals surface area contributed by atoms with E-state index < -0.39 is 0 Å². The topological polar surface area (TPSA) is 46.1 Å². The van der Waals surface area contributed by atoms with Crippen LogP contribution < -0.4 is 0 Å². The van der Waals surface area contributed by atoms with Crippen molar-refractivity contribution in [3.05, 3.63) is 23.8 Å². The zero-order chi connectivity index (χ0) is 19.0. The van der Waals surface area contributed by atoms with E-state index in [-0.39, 0.29) is 5.92 Å². The van der Waals surface area contributed by atoms with Crippen LogP contribution in [0, 0.1) is 24.2 Å². The summed E-state index contributed by atoms with van der Waals surface area (Å²) < 4.78 is 0. The molecule has 3 fully saturated rings. The van der Waals surface area contributed by atoms with Gasteiger partial charge in [-0.1, -0.05) is 13.8 Å². The largest absolute Gasteiger partial charge is 0.300 e. The van der Waals surface area contributed by atoms with Crippen molar-refractivity contribution in [3.63, 3.8) is 0 Å². The van der Waals surface area contributed by atoms with Gasteiger partial charge in [-0.3, -0.25) is 4.79 Å². The molecule has 148 valence electrons. The second-order valence-corrected chi connectivity index (χ2v) is 9.77. The Morgan fingerprint density at radius 2 is 1.67 bits per heavy atom. The lowest BCUT2D eigenvalue weighted by atomic mass is 9.53. The summed E-state index contributed by atoms with van der Waals surface area (Å²) in [7, 11) is 0. The van der Waals surface area contributed by atoms with Gasteiger partial charge in [0.25, 0.3) is 0 Å². The van der Waals surface area contributed by atoms with E-state index in [9.17, 15) is 4.79 Å². The molecular formula is C23H35N3O. The van der Waals surface area contributed by atoms with Crippen LogP contribution in [0.2, 0.25) is 0 Å². The van der Waals surface area contributed by atoms with E-state index in [1.807, 2.05) is 19.3 Å². The third-order valence-electron chi connectivity index (χ3n) is 7.66. The van der Waals surface area contributed by atoms with Gasteiger partial charge < -0.3 is 4.90 Å². The van der Waals surface area contributed by atoms with E-state index in [1.165, 1.54) is 70.0 Å². The molecule has 2 saturated carbocycles. The normalized spacial score (nSPS) is 32.6. The highest BCUT2D eigenvalue weighted by Gasteiger charge is 2.49. The van der Waals surface area contributed by atoms with Gasteiger partial charge in [-0.15, -0.1) is 0 Å². The molecule has 2 heterocycles. The van der Waals surface area contributed by atoms with Crippen LogP contribution >= 0.6 is 0 Å². The van der Waals surface area contributed by atoms with Gasteiger partial charge in [-0.05, 0) is 88.3 Å². The van der Waals surface area contributed by atoms with Crippen LogP contribution in [0.4, 0.5) is 0 Å². The number of aryl methyl sites for hydroxylation is 1. The number of ketones is 1. The molecule has 1 aromatic heterocycles. The third kappa shape index (κ3) is 3.96. The Morgan fingerprint density at radius 3 is 2.22 bits per heavy atom. The van der Waals surface area contributed by atoms with Crippen molar-refractivity contribution >= 4 is 5.78 Å². The summed E-state index contributed by atoms with van der Waals surface area (Å²) >= 11 is 0. The molecule has 4 heteroatoms. The summed E-state index contributed by atoms with van der Waals surface area (Å²) in [5.41, 5.74) is 1.83. The molecule has 0 aromatic carbocycles. The van der Waals surface area contributed by atoms with Crippen molar-refractivity contribution in [1.29, 1.82) is 0 Å². The Hall–Kier alpha value is -1.29. The van der Waals surface area contributed by atoms with Gasteiger partial charge in [0, 0.05) is 30.3 Å². The Bertz CT molecular complexity index is 645. The van der Waals surface area contributed by atoms with Crippen LogP contribution in [0.25, 0.3) is 0 Å². The number of hydrogen-bond donors (Lipinski definition) is 0. The monoisotopic (exact) mass is 369 g/mol. The highest BCUT2D eigenvalue weighted by molar-refractivity contribution is 5.83. The van der Waals surface area contributed by atoms with Gasteiger partial charge in [0.2, 0.25) is 0 Å². The van der Waals surface area contributed by atoms with Crippen LogP contribution in [0.5, 0.6) is 0 Å². The Morgan fingerprint density at radius 1 is 1.07 bits per heavy atom. The minimum Gasteiger partial charge on any atom is -0.300 e. The van der Waals surface area contributed by atoms with Crippen molar-refractivity contribution in [2.75, 3.05) is 13.1 Å². The molecule has 1 saturated heterocycles. The number of hydrogen-bond acceptors (Lipinski definition) is 4. The molecule has 1 aromatic rings. The minimum absolute atomic E-state index is 0.212. The first-order chi connectivity index (χ1) is 13.0. The standard InChI is InChI=1S/C23H35N3O/c1-16(2)22(27)19-12-23(13-19)8-4-21(5-9-23)26-10-6-18(7-11-26)20-14-24-17(3)25-15-20/h14-16,18-19,21H,4-13H2,1-3H3. The summed E-state index contributed by atoms with van der Waals surface area (Å²) in [6, 6.07) is 0.769. The molecule has 0 atom stereocenters. The van der Waals surface area contributed by atoms with Crippen molar-refractivity contribution in [2.45, 2.75) is 84.1 Å². The Balaban J connectivity index is 1.23. The second-order valence-electron chi connectivity index (χ2n) is 9.77. The molecular weight excluding hydrogens is 334 g/mol. The lowest BCUT2D eigenvalue weighted by Gasteiger charge is -2.53. The number of carbonyl (C=O) groups is 1. The highest BCUT2D eigenvalue weighted by Crippen LogP contribution is 2.56. The summed E-state index contributed by atoms with van der Waals surface area (Å²) in [5, 5.41) is 0. The van der Waals surface area contributed by atoms with E-state index in [0.29, 0.717) is 23.0 Å². The van der Waals surface area contributed by atoms with Crippen LogP contribution in [0.3, 0.4) is 0 Å². The van der Waals surface area contributed by atoms with Crippen molar-refractivity contribution in [1.82, 2.24) is 14.9 Å². The van der Waals surface area contributed by atoms with E-state index in [0.717, 1.165) is 11.9 Å². The van der Waals surface area contributed by atoms with E-state index in [2.05, 4.69) is 28.7 Å². The zero-order valence-electron chi connectivity index (χ0n) is 17.3. The minimum atomic E-state index is 0.212. The van der Waals surface area contributed by atoms with Crippen molar-refractivity contribution < 1.29 is 4.79 Å². The lowest BCUT2D eigenvalue weighted by Crippen LogP contribution is -2.49. The molecule has 0 radical (unpaired) electrons. The molecule has 0 N–H and O–H groups in total. The third-order valence-corrected chi connectivity index (χ3v) is 7.66. The Labute approximate surface area is 164 Å². The molecule has 0 amide bonds. The molecule has 0 unspecified atom stereocenters. The predicted molar refractivity (Wildman–Crippen MR) is 108 cm³/mol. The first-order valence-corrected chi connectivity index (χ1v) is 11.0. The first kappa shape index (κ1) is 19.0. The van der Waals surface area contributed by atoms with Crippen LogP contribution in [-0.4, -0.2) is 39.8 Å². The predicted octanol–water partition coefficient (Wildman–Crippen LogP) is 4.53. The van der Waals surface area contributed by atoms with Gasteiger partial charge in [0.1, 0.15) is 11.6 Å². The van der Waals surface area contributed by atoms with E-state index >= 15 is 0 Å². The quantitative estimate of drug-likeness (QED) is 0.782. The molecule has 2 aliphatic carbocycles. The van der Waals surface area contributed by atoms with Gasteiger partial charge in [-0.25, -0.2) is 9.97 Å². The van der Waals surface area contributed by atoms with E-state index in [4.69, 9.17) is 0 Å². The average Bonchev–Trinajstić information content (AvgIpc) is 2.66. The number of carbonyl (C=O) groups excluding carboxylic acids is 1. The SMILES string of the molecule is Cc1ncc(C2CCN(C3CCC4(CC3)CC(C(=O)C(C)C)C4)CC2)cn1. The van der Waals surface area contributed by atoms with Gasteiger partial charge in [0.15, 0.2) is 0 Å². The smallest absolute Gasteiger partial charge is 0.138 e. The average molecular weight is 370 g/mol. The Kier molecular flexibility index (Phi) is 5.37. The summed E-state index contributed by atoms with van der Waals surface area (Å²) in [5.74, 6) is 2.58. The van der Waals surface area contributed by atoms with Crippen LogP contribution in [0.15, 0.2) is 12.4 Å². The highest BCUT2D eigenvalue weighted by atomic mass is 16.1. The molecule has 0 bridgehead atoms.